The third-order valence-corrected chi connectivity index (χ3v) is 2.81. The van der Waals surface area contributed by atoms with Crippen LogP contribution >= 0.6 is 0 Å². The third-order valence-electron chi connectivity index (χ3n) is 2.81. The first-order valence-corrected chi connectivity index (χ1v) is 5.89. The Bertz CT molecular complexity index is 455. The minimum absolute atomic E-state index is 0.326. The number of aryl methyl sites for hydroxylation is 1. The number of rotatable bonds is 5. The van der Waals surface area contributed by atoms with Crippen molar-refractivity contribution in [2.75, 3.05) is 0 Å². The number of ether oxygens (including phenoxy) is 1. The molecule has 0 aliphatic heterocycles. The Kier molecular flexibility index (Phi) is 4.80. The molecule has 106 valence electrons. The topological polar surface area (TPSA) is 46.5 Å². The second kappa shape index (κ2) is 5.95. The highest BCUT2D eigenvalue weighted by Crippen LogP contribution is 2.30. The highest BCUT2D eigenvalue weighted by Gasteiger charge is 2.31. The van der Waals surface area contributed by atoms with E-state index < -0.39 is 18.2 Å². The monoisotopic (exact) mass is 276 g/mol. The highest BCUT2D eigenvalue weighted by atomic mass is 19.4. The Hall–Kier alpha value is -1.72. The quantitative estimate of drug-likeness (QED) is 0.891. The molecule has 19 heavy (non-hydrogen) atoms. The molecule has 1 N–H and O–H groups in total. The van der Waals surface area contributed by atoms with E-state index in [1.165, 1.54) is 12.1 Å². The minimum atomic E-state index is -4.75. The van der Waals surface area contributed by atoms with Gasteiger partial charge in [0.25, 0.3) is 0 Å². The zero-order chi connectivity index (χ0) is 14.6. The van der Waals surface area contributed by atoms with Gasteiger partial charge < -0.3 is 9.84 Å². The lowest BCUT2D eigenvalue weighted by Crippen LogP contribution is -2.18. The van der Waals surface area contributed by atoms with Gasteiger partial charge in [0.15, 0.2) is 0 Å². The maximum atomic E-state index is 12.1. The Morgan fingerprint density at radius 3 is 2.42 bits per heavy atom. The number of alkyl halides is 3. The van der Waals surface area contributed by atoms with Crippen molar-refractivity contribution in [3.05, 3.63) is 29.3 Å². The van der Waals surface area contributed by atoms with Crippen LogP contribution in [0.2, 0.25) is 0 Å². The molecule has 0 heterocycles. The Morgan fingerprint density at radius 1 is 1.37 bits per heavy atom. The number of carboxylic acids is 1. The molecule has 0 saturated carbocycles. The van der Waals surface area contributed by atoms with Gasteiger partial charge in [-0.05, 0) is 36.1 Å². The van der Waals surface area contributed by atoms with Gasteiger partial charge in [-0.25, -0.2) is 0 Å². The summed E-state index contributed by atoms with van der Waals surface area (Å²) in [6, 6.07) is 3.78. The predicted octanol–water partition coefficient (Wildman–Crippen LogP) is 3.73. The number of hydrogen-bond acceptors (Lipinski definition) is 2. The first kappa shape index (κ1) is 15.3. The van der Waals surface area contributed by atoms with Gasteiger partial charge in [0, 0.05) is 0 Å². The first-order valence-electron chi connectivity index (χ1n) is 5.89. The maximum absolute atomic E-state index is 12.1. The molecule has 1 aromatic carbocycles. The van der Waals surface area contributed by atoms with Crippen LogP contribution in [0.5, 0.6) is 5.75 Å². The fraction of sp³-hybridized carbons (Fsp3) is 0.462. The van der Waals surface area contributed by atoms with Crippen LogP contribution in [0.25, 0.3) is 0 Å². The van der Waals surface area contributed by atoms with Crippen molar-refractivity contribution in [3.63, 3.8) is 0 Å². The summed E-state index contributed by atoms with van der Waals surface area (Å²) in [5.74, 6) is -2.02. The van der Waals surface area contributed by atoms with E-state index in [9.17, 15) is 18.0 Å². The van der Waals surface area contributed by atoms with E-state index in [-0.39, 0.29) is 5.75 Å². The molecule has 0 bridgehead atoms. The lowest BCUT2D eigenvalue weighted by Gasteiger charge is -2.16. The van der Waals surface area contributed by atoms with Crippen molar-refractivity contribution < 1.29 is 27.8 Å². The van der Waals surface area contributed by atoms with Crippen LogP contribution in [0, 0.1) is 0 Å². The molecule has 1 rings (SSSR count). The van der Waals surface area contributed by atoms with E-state index >= 15 is 0 Å². The number of hydrogen-bond donors (Lipinski definition) is 1. The normalized spacial score (nSPS) is 13.1. The van der Waals surface area contributed by atoms with Gasteiger partial charge in [0.05, 0.1) is 5.92 Å². The molecule has 1 atom stereocenters. The van der Waals surface area contributed by atoms with Crippen LogP contribution in [-0.4, -0.2) is 17.4 Å². The molecule has 0 aliphatic carbocycles. The molecule has 0 saturated heterocycles. The summed E-state index contributed by atoms with van der Waals surface area (Å²) in [6.07, 6.45) is -3.93. The van der Waals surface area contributed by atoms with Gasteiger partial charge in [-0.15, -0.1) is 13.2 Å². The van der Waals surface area contributed by atoms with E-state index in [1.54, 1.807) is 13.8 Å². The maximum Gasteiger partial charge on any atom is 0.573 e. The molecule has 0 spiro atoms. The summed E-state index contributed by atoms with van der Waals surface area (Å²) < 4.78 is 40.2. The van der Waals surface area contributed by atoms with Crippen molar-refractivity contribution in [1.29, 1.82) is 0 Å². The number of halogens is 3. The summed E-state index contributed by atoms with van der Waals surface area (Å²) in [4.78, 5) is 11.1. The second-order valence-electron chi connectivity index (χ2n) is 4.06. The van der Waals surface area contributed by atoms with Crippen molar-refractivity contribution in [3.8, 4) is 5.75 Å². The van der Waals surface area contributed by atoms with Crippen molar-refractivity contribution in [2.24, 2.45) is 0 Å². The van der Waals surface area contributed by atoms with Crippen LogP contribution in [0.1, 0.15) is 37.3 Å². The fourth-order valence-corrected chi connectivity index (χ4v) is 1.95. The SMILES string of the molecule is CCc1cc(OC(F)(F)F)ccc1C(CC)C(=O)O. The molecule has 0 fully saturated rings. The van der Waals surface area contributed by atoms with Gasteiger partial charge in [-0.3, -0.25) is 4.79 Å². The number of aliphatic carboxylic acids is 1. The summed E-state index contributed by atoms with van der Waals surface area (Å²) in [6.45, 7) is 3.48. The smallest absolute Gasteiger partial charge is 0.481 e. The number of carbonyl (C=O) groups is 1. The first-order chi connectivity index (χ1) is 8.78. The Labute approximate surface area is 109 Å². The minimum Gasteiger partial charge on any atom is -0.481 e. The summed E-state index contributed by atoms with van der Waals surface area (Å²) >= 11 is 0. The van der Waals surface area contributed by atoms with Crippen molar-refractivity contribution >= 4 is 5.97 Å². The van der Waals surface area contributed by atoms with Gasteiger partial charge in [0.1, 0.15) is 5.75 Å². The number of carboxylic acid groups (broad SMARTS) is 1. The van der Waals surface area contributed by atoms with E-state index in [2.05, 4.69) is 4.74 Å². The number of benzene rings is 1. The predicted molar refractivity (Wildman–Crippen MR) is 63.2 cm³/mol. The third kappa shape index (κ3) is 4.15. The standard InChI is InChI=1S/C13H15F3O3/c1-3-8-7-9(19-13(14,15)16)5-6-11(8)10(4-2)12(17)18/h5-7,10H,3-4H2,1-2H3,(H,17,18). The summed E-state index contributed by atoms with van der Waals surface area (Å²) in [5.41, 5.74) is 1.09. The van der Waals surface area contributed by atoms with E-state index in [0.717, 1.165) is 6.07 Å². The zero-order valence-electron chi connectivity index (χ0n) is 10.6. The van der Waals surface area contributed by atoms with Gasteiger partial charge in [-0.1, -0.05) is 19.9 Å². The summed E-state index contributed by atoms with van der Waals surface area (Å²) in [5, 5.41) is 9.09. The Balaban J connectivity index is 3.12. The summed E-state index contributed by atoms with van der Waals surface area (Å²) in [7, 11) is 0. The van der Waals surface area contributed by atoms with Crippen LogP contribution in [0.15, 0.2) is 18.2 Å². The average Bonchev–Trinajstić information content (AvgIpc) is 2.29. The fourth-order valence-electron chi connectivity index (χ4n) is 1.95. The molecular weight excluding hydrogens is 261 g/mol. The molecule has 1 aromatic rings. The molecule has 0 aromatic heterocycles. The van der Waals surface area contributed by atoms with Crippen LogP contribution in [-0.2, 0) is 11.2 Å². The molecular formula is C13H15F3O3. The van der Waals surface area contributed by atoms with Crippen molar-refractivity contribution in [2.45, 2.75) is 39.0 Å². The molecule has 0 aliphatic rings. The lowest BCUT2D eigenvalue weighted by atomic mass is 9.91. The van der Waals surface area contributed by atoms with Crippen LogP contribution in [0.3, 0.4) is 0 Å². The zero-order valence-corrected chi connectivity index (χ0v) is 10.6. The van der Waals surface area contributed by atoms with Crippen LogP contribution in [0.4, 0.5) is 13.2 Å². The van der Waals surface area contributed by atoms with Gasteiger partial charge >= 0.3 is 12.3 Å². The van der Waals surface area contributed by atoms with Crippen LogP contribution < -0.4 is 4.74 Å². The largest absolute Gasteiger partial charge is 0.573 e. The molecule has 0 amide bonds. The van der Waals surface area contributed by atoms with Crippen molar-refractivity contribution in [1.82, 2.24) is 0 Å². The lowest BCUT2D eigenvalue weighted by molar-refractivity contribution is -0.274. The second-order valence-corrected chi connectivity index (χ2v) is 4.06. The van der Waals surface area contributed by atoms with Gasteiger partial charge in [-0.2, -0.15) is 0 Å². The molecule has 0 radical (unpaired) electrons. The molecule has 6 heteroatoms. The highest BCUT2D eigenvalue weighted by molar-refractivity contribution is 5.76. The molecule has 3 nitrogen and oxygen atoms in total. The van der Waals surface area contributed by atoms with E-state index in [0.29, 0.717) is 24.0 Å². The van der Waals surface area contributed by atoms with E-state index in [1.807, 2.05) is 0 Å². The average molecular weight is 276 g/mol. The van der Waals surface area contributed by atoms with E-state index in [4.69, 9.17) is 5.11 Å². The molecule has 1 unspecified atom stereocenters. The van der Waals surface area contributed by atoms with Gasteiger partial charge in [0.2, 0.25) is 0 Å². The Morgan fingerprint density at radius 2 is 2.00 bits per heavy atom.